The van der Waals surface area contributed by atoms with Crippen LogP contribution in [-0.4, -0.2) is 27.3 Å². The molecule has 1 aromatic rings. The van der Waals surface area contributed by atoms with Crippen molar-refractivity contribution in [2.45, 2.75) is 29.7 Å². The van der Waals surface area contributed by atoms with Gasteiger partial charge < -0.3 is 10.5 Å². The molecular formula is C12H17NO3S. The summed E-state index contributed by atoms with van der Waals surface area (Å²) in [5.74, 6) is 0.437. The highest BCUT2D eigenvalue weighted by atomic mass is 32.2. The summed E-state index contributed by atoms with van der Waals surface area (Å²) in [5, 5.41) is 0. The summed E-state index contributed by atoms with van der Waals surface area (Å²) < 4.78 is 28.5. The Hall–Kier alpha value is -1.07. The lowest BCUT2D eigenvalue weighted by Gasteiger charge is -2.15. The Bertz CT molecular complexity index is 533. The molecule has 0 amide bonds. The van der Waals surface area contributed by atoms with Gasteiger partial charge in [0.05, 0.1) is 7.11 Å². The first-order valence-corrected chi connectivity index (χ1v) is 7.40. The SMILES string of the molecule is COc1c(CC2(N)CC2)cccc1S(C)(=O)=O. The minimum atomic E-state index is -3.27. The Morgan fingerprint density at radius 1 is 1.41 bits per heavy atom. The van der Waals surface area contributed by atoms with E-state index in [1.807, 2.05) is 6.07 Å². The Morgan fingerprint density at radius 2 is 2.06 bits per heavy atom. The summed E-state index contributed by atoms with van der Waals surface area (Å²) >= 11 is 0. The Kier molecular flexibility index (Phi) is 2.91. The normalized spacial score (nSPS) is 17.8. The van der Waals surface area contributed by atoms with Crippen molar-refractivity contribution in [3.05, 3.63) is 23.8 Å². The Labute approximate surface area is 102 Å². The van der Waals surface area contributed by atoms with Crippen molar-refractivity contribution in [3.63, 3.8) is 0 Å². The maximum Gasteiger partial charge on any atom is 0.179 e. The number of methoxy groups -OCH3 is 1. The number of hydrogen-bond donors (Lipinski definition) is 1. The Morgan fingerprint density at radius 3 is 2.53 bits per heavy atom. The van der Waals surface area contributed by atoms with E-state index in [9.17, 15) is 8.42 Å². The van der Waals surface area contributed by atoms with Crippen molar-refractivity contribution in [2.24, 2.45) is 5.73 Å². The molecule has 0 radical (unpaired) electrons. The number of benzene rings is 1. The topological polar surface area (TPSA) is 69.4 Å². The molecule has 0 aliphatic heterocycles. The summed E-state index contributed by atoms with van der Waals surface area (Å²) in [5.41, 5.74) is 6.76. The van der Waals surface area contributed by atoms with Gasteiger partial charge in [-0.1, -0.05) is 12.1 Å². The zero-order valence-corrected chi connectivity index (χ0v) is 10.9. The third-order valence-electron chi connectivity index (χ3n) is 3.10. The lowest BCUT2D eigenvalue weighted by Crippen LogP contribution is -2.25. The van der Waals surface area contributed by atoms with Gasteiger partial charge >= 0.3 is 0 Å². The molecule has 2 rings (SSSR count). The van der Waals surface area contributed by atoms with E-state index in [1.54, 1.807) is 12.1 Å². The second-order valence-corrected chi connectivity index (χ2v) is 6.74. The summed E-state index contributed by atoms with van der Waals surface area (Å²) in [6.07, 6.45) is 3.82. The van der Waals surface area contributed by atoms with E-state index in [4.69, 9.17) is 10.5 Å². The maximum absolute atomic E-state index is 11.6. The smallest absolute Gasteiger partial charge is 0.179 e. The molecule has 5 heteroatoms. The molecule has 0 saturated heterocycles. The van der Waals surface area contributed by atoms with Gasteiger partial charge in [0.1, 0.15) is 10.6 Å². The highest BCUT2D eigenvalue weighted by molar-refractivity contribution is 7.90. The second kappa shape index (κ2) is 3.99. The van der Waals surface area contributed by atoms with Crippen LogP contribution in [0.25, 0.3) is 0 Å². The summed E-state index contributed by atoms with van der Waals surface area (Å²) in [4.78, 5) is 0.238. The van der Waals surface area contributed by atoms with Crippen molar-refractivity contribution in [1.29, 1.82) is 0 Å². The zero-order chi connectivity index (χ0) is 12.7. The van der Waals surface area contributed by atoms with Crippen LogP contribution in [0.5, 0.6) is 5.75 Å². The molecule has 17 heavy (non-hydrogen) atoms. The van der Waals surface area contributed by atoms with Gasteiger partial charge in [-0.3, -0.25) is 0 Å². The molecule has 1 fully saturated rings. The van der Waals surface area contributed by atoms with Crippen molar-refractivity contribution < 1.29 is 13.2 Å². The van der Waals surface area contributed by atoms with E-state index >= 15 is 0 Å². The van der Waals surface area contributed by atoms with Crippen molar-refractivity contribution in [2.75, 3.05) is 13.4 Å². The van der Waals surface area contributed by atoms with Crippen molar-refractivity contribution in [3.8, 4) is 5.75 Å². The van der Waals surface area contributed by atoms with Crippen LogP contribution in [-0.2, 0) is 16.3 Å². The number of hydrogen-bond acceptors (Lipinski definition) is 4. The molecule has 0 unspecified atom stereocenters. The van der Waals surface area contributed by atoms with Crippen LogP contribution >= 0.6 is 0 Å². The average molecular weight is 255 g/mol. The largest absolute Gasteiger partial charge is 0.495 e. The fourth-order valence-corrected chi connectivity index (χ4v) is 2.82. The van der Waals surface area contributed by atoms with Crippen LogP contribution in [0, 0.1) is 0 Å². The molecule has 0 heterocycles. The molecule has 1 aliphatic carbocycles. The second-order valence-electron chi connectivity index (χ2n) is 4.76. The highest BCUT2D eigenvalue weighted by Gasteiger charge is 2.39. The number of ether oxygens (including phenoxy) is 1. The van der Waals surface area contributed by atoms with Crippen molar-refractivity contribution >= 4 is 9.84 Å². The van der Waals surface area contributed by atoms with Crippen LogP contribution in [0.2, 0.25) is 0 Å². The van der Waals surface area contributed by atoms with Gasteiger partial charge in [0.15, 0.2) is 9.84 Å². The van der Waals surface area contributed by atoms with E-state index in [0.29, 0.717) is 12.2 Å². The van der Waals surface area contributed by atoms with Gasteiger partial charge in [-0.2, -0.15) is 0 Å². The predicted octanol–water partition coefficient (Wildman–Crippen LogP) is 1.13. The third kappa shape index (κ3) is 2.61. The van der Waals surface area contributed by atoms with Crippen molar-refractivity contribution in [1.82, 2.24) is 0 Å². The molecule has 0 bridgehead atoms. The van der Waals surface area contributed by atoms with Gasteiger partial charge in [0, 0.05) is 11.8 Å². The van der Waals surface area contributed by atoms with Crippen LogP contribution < -0.4 is 10.5 Å². The van der Waals surface area contributed by atoms with Crippen LogP contribution in [0.3, 0.4) is 0 Å². The van der Waals surface area contributed by atoms with Gasteiger partial charge in [-0.05, 0) is 30.9 Å². The maximum atomic E-state index is 11.6. The summed E-state index contributed by atoms with van der Waals surface area (Å²) in [6.45, 7) is 0. The van der Waals surface area contributed by atoms with Crippen LogP contribution in [0.1, 0.15) is 18.4 Å². The van der Waals surface area contributed by atoms with Gasteiger partial charge in [0.2, 0.25) is 0 Å². The van der Waals surface area contributed by atoms with Gasteiger partial charge in [-0.15, -0.1) is 0 Å². The van der Waals surface area contributed by atoms with E-state index in [0.717, 1.165) is 18.4 Å². The first kappa shape index (κ1) is 12.4. The predicted molar refractivity (Wildman–Crippen MR) is 66.0 cm³/mol. The lowest BCUT2D eigenvalue weighted by atomic mass is 10.0. The number of para-hydroxylation sites is 1. The molecule has 4 nitrogen and oxygen atoms in total. The minimum absolute atomic E-state index is 0.163. The molecular weight excluding hydrogens is 238 g/mol. The fourth-order valence-electron chi connectivity index (χ4n) is 1.94. The van der Waals surface area contributed by atoms with Crippen LogP contribution in [0.4, 0.5) is 0 Å². The summed E-state index contributed by atoms with van der Waals surface area (Å²) in [7, 11) is -1.78. The molecule has 0 spiro atoms. The lowest BCUT2D eigenvalue weighted by molar-refractivity contribution is 0.395. The molecule has 1 saturated carbocycles. The van der Waals surface area contributed by atoms with Crippen LogP contribution in [0.15, 0.2) is 23.1 Å². The Balaban J connectivity index is 2.46. The fraction of sp³-hybridized carbons (Fsp3) is 0.500. The number of sulfone groups is 1. The molecule has 94 valence electrons. The molecule has 2 N–H and O–H groups in total. The van der Waals surface area contributed by atoms with E-state index in [-0.39, 0.29) is 10.4 Å². The standard InChI is InChI=1S/C12H17NO3S/c1-16-11-9(8-12(13)6-7-12)4-3-5-10(11)17(2,14)15/h3-5H,6-8,13H2,1-2H3. The molecule has 0 aromatic heterocycles. The highest BCUT2D eigenvalue weighted by Crippen LogP contribution is 2.39. The average Bonchev–Trinajstić information content (AvgIpc) is 2.94. The summed E-state index contributed by atoms with van der Waals surface area (Å²) in [6, 6.07) is 5.17. The van der Waals surface area contributed by atoms with Gasteiger partial charge in [0.25, 0.3) is 0 Å². The molecule has 1 aromatic carbocycles. The number of rotatable bonds is 4. The molecule has 0 atom stereocenters. The first-order valence-electron chi connectivity index (χ1n) is 5.50. The number of nitrogens with two attached hydrogens (primary N) is 1. The minimum Gasteiger partial charge on any atom is -0.495 e. The first-order chi connectivity index (χ1) is 7.86. The monoisotopic (exact) mass is 255 g/mol. The van der Waals surface area contributed by atoms with Gasteiger partial charge in [-0.25, -0.2) is 8.42 Å². The zero-order valence-electron chi connectivity index (χ0n) is 10.1. The third-order valence-corrected chi connectivity index (χ3v) is 4.22. The molecule has 1 aliphatic rings. The van der Waals surface area contributed by atoms with E-state index in [1.165, 1.54) is 13.4 Å². The van der Waals surface area contributed by atoms with E-state index < -0.39 is 9.84 Å². The quantitative estimate of drug-likeness (QED) is 0.875. The van der Waals surface area contributed by atoms with E-state index in [2.05, 4.69) is 0 Å².